The van der Waals surface area contributed by atoms with Crippen LogP contribution in [-0.2, 0) is 12.8 Å². The highest BCUT2D eigenvalue weighted by molar-refractivity contribution is 5.74. The lowest BCUT2D eigenvalue weighted by Gasteiger charge is -2.32. The van der Waals surface area contributed by atoms with Crippen LogP contribution in [0.4, 0.5) is 4.79 Å². The van der Waals surface area contributed by atoms with Gasteiger partial charge in [-0.05, 0) is 42.0 Å². The van der Waals surface area contributed by atoms with Crippen LogP contribution in [-0.4, -0.2) is 48.0 Å². The molecule has 0 spiro atoms. The minimum absolute atomic E-state index is 0.0834. The van der Waals surface area contributed by atoms with Crippen LogP contribution in [0.3, 0.4) is 0 Å². The molecule has 0 bridgehead atoms. The number of nitrogens with zero attached hydrogens (tertiary/aromatic N) is 3. The Morgan fingerprint density at radius 1 is 1.08 bits per heavy atom. The third-order valence-corrected chi connectivity index (χ3v) is 5.50. The SMILES string of the molecule is CN(C)C(=O)N1CC=C(C2c3ccccc3CCc3cccnc32)CC1. The van der Waals surface area contributed by atoms with Crippen molar-refractivity contribution in [1.29, 1.82) is 0 Å². The molecule has 2 heterocycles. The number of carbonyl (C=O) groups excluding carboxylic acids is 1. The number of aryl methyl sites for hydroxylation is 2. The zero-order valence-electron chi connectivity index (χ0n) is 15.5. The maximum atomic E-state index is 12.2. The van der Waals surface area contributed by atoms with Crippen LogP contribution in [0.1, 0.15) is 34.7 Å². The van der Waals surface area contributed by atoms with E-state index in [9.17, 15) is 4.79 Å². The maximum Gasteiger partial charge on any atom is 0.319 e. The fourth-order valence-electron chi connectivity index (χ4n) is 4.16. The monoisotopic (exact) mass is 347 g/mol. The molecule has 1 aliphatic heterocycles. The minimum atomic E-state index is 0.0834. The summed E-state index contributed by atoms with van der Waals surface area (Å²) < 4.78 is 0. The number of carbonyl (C=O) groups is 1. The van der Waals surface area contributed by atoms with Crippen molar-refractivity contribution in [3.8, 4) is 0 Å². The van der Waals surface area contributed by atoms with Crippen molar-refractivity contribution in [3.63, 3.8) is 0 Å². The first-order valence-corrected chi connectivity index (χ1v) is 9.32. The predicted molar refractivity (Wildman–Crippen MR) is 103 cm³/mol. The molecule has 1 aromatic heterocycles. The second-order valence-electron chi connectivity index (χ2n) is 7.33. The molecule has 26 heavy (non-hydrogen) atoms. The van der Waals surface area contributed by atoms with Crippen LogP contribution in [0.25, 0.3) is 0 Å². The number of amides is 2. The number of hydrogen-bond donors (Lipinski definition) is 0. The molecule has 0 saturated carbocycles. The van der Waals surface area contributed by atoms with Gasteiger partial charge in [-0.3, -0.25) is 4.98 Å². The Bertz CT molecular complexity index is 808. The van der Waals surface area contributed by atoms with E-state index in [0.29, 0.717) is 6.54 Å². The Labute approximate surface area is 155 Å². The lowest BCUT2D eigenvalue weighted by Crippen LogP contribution is -2.41. The van der Waals surface area contributed by atoms with Crippen molar-refractivity contribution < 1.29 is 4.79 Å². The Balaban J connectivity index is 1.73. The zero-order chi connectivity index (χ0) is 18.1. The molecule has 0 N–H and O–H groups in total. The van der Waals surface area contributed by atoms with Crippen molar-refractivity contribution >= 4 is 6.03 Å². The molecule has 134 valence electrons. The lowest BCUT2D eigenvalue weighted by atomic mass is 9.82. The predicted octanol–water partition coefficient (Wildman–Crippen LogP) is 3.63. The van der Waals surface area contributed by atoms with E-state index in [1.165, 1.54) is 28.0 Å². The van der Waals surface area contributed by atoms with Gasteiger partial charge in [0.25, 0.3) is 0 Å². The highest BCUT2D eigenvalue weighted by Gasteiger charge is 2.30. The zero-order valence-corrected chi connectivity index (χ0v) is 15.5. The Morgan fingerprint density at radius 2 is 1.85 bits per heavy atom. The third-order valence-electron chi connectivity index (χ3n) is 5.50. The van der Waals surface area contributed by atoms with Gasteiger partial charge in [-0.25, -0.2) is 4.79 Å². The topological polar surface area (TPSA) is 36.4 Å². The molecule has 1 unspecified atom stereocenters. The van der Waals surface area contributed by atoms with E-state index in [1.54, 1.807) is 4.90 Å². The molecule has 4 nitrogen and oxygen atoms in total. The Kier molecular flexibility index (Phi) is 4.49. The van der Waals surface area contributed by atoms with Gasteiger partial charge in [-0.15, -0.1) is 0 Å². The van der Waals surface area contributed by atoms with Crippen molar-refractivity contribution in [1.82, 2.24) is 14.8 Å². The van der Waals surface area contributed by atoms with E-state index in [2.05, 4.69) is 36.4 Å². The van der Waals surface area contributed by atoms with Crippen LogP contribution in [0.15, 0.2) is 54.2 Å². The quantitative estimate of drug-likeness (QED) is 0.739. The molecular weight excluding hydrogens is 322 g/mol. The number of pyridine rings is 1. The lowest BCUT2D eigenvalue weighted by molar-refractivity contribution is 0.174. The van der Waals surface area contributed by atoms with Crippen molar-refractivity contribution in [2.24, 2.45) is 0 Å². The number of fused-ring (bicyclic) bond motifs is 2. The van der Waals surface area contributed by atoms with Crippen LogP contribution < -0.4 is 0 Å². The summed E-state index contributed by atoms with van der Waals surface area (Å²) in [5, 5.41) is 0. The molecule has 0 radical (unpaired) electrons. The summed E-state index contributed by atoms with van der Waals surface area (Å²) in [4.78, 5) is 20.6. The largest absolute Gasteiger partial charge is 0.331 e. The highest BCUT2D eigenvalue weighted by atomic mass is 16.2. The van der Waals surface area contributed by atoms with Gasteiger partial charge in [-0.1, -0.05) is 42.0 Å². The summed E-state index contributed by atoms with van der Waals surface area (Å²) in [7, 11) is 3.62. The van der Waals surface area contributed by atoms with E-state index < -0.39 is 0 Å². The minimum Gasteiger partial charge on any atom is -0.331 e. The molecule has 2 aliphatic rings. The summed E-state index contributed by atoms with van der Waals surface area (Å²) in [5.74, 6) is 0.210. The number of urea groups is 1. The number of hydrogen-bond acceptors (Lipinski definition) is 2. The molecule has 1 aliphatic carbocycles. The first-order chi connectivity index (χ1) is 12.6. The maximum absolute atomic E-state index is 12.2. The molecule has 1 aromatic carbocycles. The average Bonchev–Trinajstić information content (AvgIpc) is 2.84. The third kappa shape index (κ3) is 3.00. The van der Waals surface area contributed by atoms with Gasteiger partial charge in [0, 0.05) is 39.3 Å². The summed E-state index contributed by atoms with van der Waals surface area (Å²) in [6, 6.07) is 13.1. The van der Waals surface area contributed by atoms with Crippen LogP contribution in [0.2, 0.25) is 0 Å². The van der Waals surface area contributed by atoms with Gasteiger partial charge in [0.1, 0.15) is 0 Å². The first-order valence-electron chi connectivity index (χ1n) is 9.32. The van der Waals surface area contributed by atoms with Gasteiger partial charge < -0.3 is 9.80 Å². The number of aromatic nitrogens is 1. The van der Waals surface area contributed by atoms with E-state index >= 15 is 0 Å². The normalized spacial score (nSPS) is 19.1. The molecule has 1 atom stereocenters. The van der Waals surface area contributed by atoms with Crippen LogP contribution >= 0.6 is 0 Å². The summed E-state index contributed by atoms with van der Waals surface area (Å²) >= 11 is 0. The number of benzene rings is 1. The molecule has 4 rings (SSSR count). The summed E-state index contributed by atoms with van der Waals surface area (Å²) in [5.41, 5.74) is 6.73. The van der Waals surface area contributed by atoms with E-state index in [4.69, 9.17) is 4.98 Å². The fraction of sp³-hybridized carbons (Fsp3) is 0.364. The van der Waals surface area contributed by atoms with E-state index in [1.807, 2.05) is 31.3 Å². The molecule has 0 fully saturated rings. The molecule has 2 amide bonds. The molecule has 4 heteroatoms. The van der Waals surface area contributed by atoms with Crippen LogP contribution in [0, 0.1) is 0 Å². The Hall–Kier alpha value is -2.62. The molecular formula is C22H25N3O. The molecule has 2 aromatic rings. The van der Waals surface area contributed by atoms with Gasteiger partial charge in [-0.2, -0.15) is 0 Å². The average molecular weight is 347 g/mol. The number of rotatable bonds is 1. The standard InChI is InChI=1S/C22H25N3O/c1-24(2)22(26)25-14-11-17(12-15-25)20-19-8-4-3-6-16(19)9-10-18-7-5-13-23-21(18)20/h3-8,11,13,20H,9-10,12,14-15H2,1-2H3. The summed E-state index contributed by atoms with van der Waals surface area (Å²) in [6.07, 6.45) is 7.15. The first kappa shape index (κ1) is 16.8. The van der Waals surface area contributed by atoms with Gasteiger partial charge in [0.15, 0.2) is 0 Å². The summed E-state index contributed by atoms with van der Waals surface area (Å²) in [6.45, 7) is 1.44. The van der Waals surface area contributed by atoms with Gasteiger partial charge in [0.2, 0.25) is 0 Å². The molecule has 0 saturated heterocycles. The van der Waals surface area contributed by atoms with E-state index in [0.717, 1.165) is 25.8 Å². The highest BCUT2D eigenvalue weighted by Crippen LogP contribution is 2.39. The smallest absolute Gasteiger partial charge is 0.319 e. The second kappa shape index (κ2) is 6.94. The fourth-order valence-corrected chi connectivity index (χ4v) is 4.16. The van der Waals surface area contributed by atoms with Crippen LogP contribution in [0.5, 0.6) is 0 Å². The Morgan fingerprint density at radius 3 is 2.62 bits per heavy atom. The second-order valence-corrected chi connectivity index (χ2v) is 7.33. The van der Waals surface area contributed by atoms with Crippen molar-refractivity contribution in [2.45, 2.75) is 25.2 Å². The van der Waals surface area contributed by atoms with E-state index in [-0.39, 0.29) is 11.9 Å². The van der Waals surface area contributed by atoms with Gasteiger partial charge in [0.05, 0.1) is 5.69 Å². The van der Waals surface area contributed by atoms with Crippen molar-refractivity contribution in [3.05, 3.63) is 76.6 Å². The van der Waals surface area contributed by atoms with Gasteiger partial charge >= 0.3 is 6.03 Å². The van der Waals surface area contributed by atoms with Crippen molar-refractivity contribution in [2.75, 3.05) is 27.2 Å².